The Morgan fingerprint density at radius 3 is 2.43 bits per heavy atom. The lowest BCUT2D eigenvalue weighted by Gasteiger charge is -2.12. The minimum atomic E-state index is -0.306. The first-order chi connectivity index (χ1) is 13.3. The summed E-state index contributed by atoms with van der Waals surface area (Å²) in [4.78, 5) is 32.9. The summed E-state index contributed by atoms with van der Waals surface area (Å²) in [5.74, 6) is -0.0334. The highest BCUT2D eigenvalue weighted by Crippen LogP contribution is 2.20. The number of Topliss-reactive ketones (excluding diaryl/α,β-unsaturated/α-hetero) is 1. The lowest BCUT2D eigenvalue weighted by atomic mass is 10.1. The fourth-order valence-corrected chi connectivity index (χ4v) is 2.76. The van der Waals surface area contributed by atoms with Gasteiger partial charge in [-0.2, -0.15) is 0 Å². The van der Waals surface area contributed by atoms with E-state index in [4.69, 9.17) is 0 Å². The van der Waals surface area contributed by atoms with Crippen molar-refractivity contribution in [3.05, 3.63) is 76.6 Å². The molecule has 0 atom stereocenters. The number of hydrogen-bond donors (Lipinski definition) is 2. The molecular formula is C22H22N4O2. The molecule has 1 amide bonds. The van der Waals surface area contributed by atoms with Crippen LogP contribution in [0.25, 0.3) is 0 Å². The quantitative estimate of drug-likeness (QED) is 0.638. The van der Waals surface area contributed by atoms with Gasteiger partial charge in [0.1, 0.15) is 5.69 Å². The second-order valence-corrected chi connectivity index (χ2v) is 6.68. The van der Waals surface area contributed by atoms with Crippen molar-refractivity contribution in [2.45, 2.75) is 27.7 Å². The first-order valence-electron chi connectivity index (χ1n) is 8.95. The van der Waals surface area contributed by atoms with E-state index in [1.54, 1.807) is 31.2 Å². The molecule has 0 aliphatic rings. The largest absolute Gasteiger partial charge is 0.324 e. The van der Waals surface area contributed by atoms with E-state index < -0.39 is 0 Å². The fourth-order valence-electron chi connectivity index (χ4n) is 2.76. The molecule has 28 heavy (non-hydrogen) atoms. The summed E-state index contributed by atoms with van der Waals surface area (Å²) < 4.78 is 0. The number of aromatic nitrogens is 2. The maximum Gasteiger partial charge on any atom is 0.274 e. The number of benzene rings is 2. The van der Waals surface area contributed by atoms with Crippen LogP contribution in [0.3, 0.4) is 0 Å². The Hall–Kier alpha value is -3.54. The van der Waals surface area contributed by atoms with Crippen molar-refractivity contribution in [3.63, 3.8) is 0 Å². The van der Waals surface area contributed by atoms with E-state index in [1.165, 1.54) is 6.92 Å². The monoisotopic (exact) mass is 374 g/mol. The number of carbonyl (C=O) groups is 2. The van der Waals surface area contributed by atoms with Crippen molar-refractivity contribution < 1.29 is 9.59 Å². The zero-order valence-electron chi connectivity index (χ0n) is 16.3. The number of anilines is 3. The summed E-state index contributed by atoms with van der Waals surface area (Å²) in [5, 5.41) is 5.97. The molecule has 1 heterocycles. The zero-order valence-corrected chi connectivity index (χ0v) is 16.3. The van der Waals surface area contributed by atoms with Gasteiger partial charge in [0, 0.05) is 22.6 Å². The van der Waals surface area contributed by atoms with E-state index in [9.17, 15) is 9.59 Å². The summed E-state index contributed by atoms with van der Waals surface area (Å²) in [6.07, 6.45) is 0. The van der Waals surface area contributed by atoms with E-state index >= 15 is 0 Å². The number of nitrogens with one attached hydrogen (secondary N) is 2. The fraction of sp³-hybridized carbons (Fsp3) is 0.182. The van der Waals surface area contributed by atoms with Crippen LogP contribution in [0.2, 0.25) is 0 Å². The van der Waals surface area contributed by atoms with Gasteiger partial charge in [-0.15, -0.1) is 0 Å². The molecule has 3 rings (SSSR count). The predicted octanol–water partition coefficient (Wildman–Crippen LogP) is 4.60. The number of rotatable bonds is 5. The molecule has 2 N–H and O–H groups in total. The molecule has 0 saturated carbocycles. The average molecular weight is 374 g/mol. The molecule has 1 aromatic heterocycles. The molecule has 2 aromatic carbocycles. The van der Waals surface area contributed by atoms with Crippen LogP contribution in [-0.2, 0) is 0 Å². The summed E-state index contributed by atoms with van der Waals surface area (Å²) in [5.41, 5.74) is 5.06. The third-order valence-corrected chi connectivity index (χ3v) is 4.46. The molecular weight excluding hydrogens is 352 g/mol. The second-order valence-electron chi connectivity index (χ2n) is 6.68. The topological polar surface area (TPSA) is 84.0 Å². The highest BCUT2D eigenvalue weighted by molar-refractivity contribution is 6.03. The van der Waals surface area contributed by atoms with Crippen LogP contribution in [0.5, 0.6) is 0 Å². The molecule has 0 saturated heterocycles. The SMILES string of the molecule is CC(=O)c1cccc(Nc2nc(C)cc(C(=O)Nc3cccc(C)c3C)n2)c1. The highest BCUT2D eigenvalue weighted by Gasteiger charge is 2.13. The summed E-state index contributed by atoms with van der Waals surface area (Å²) in [7, 11) is 0. The van der Waals surface area contributed by atoms with Crippen LogP contribution >= 0.6 is 0 Å². The van der Waals surface area contributed by atoms with Crippen LogP contribution in [-0.4, -0.2) is 21.7 Å². The molecule has 0 aliphatic carbocycles. The lowest BCUT2D eigenvalue weighted by Crippen LogP contribution is -2.16. The van der Waals surface area contributed by atoms with Crippen LogP contribution in [0.4, 0.5) is 17.3 Å². The van der Waals surface area contributed by atoms with Crippen molar-refractivity contribution in [1.29, 1.82) is 0 Å². The Morgan fingerprint density at radius 1 is 0.929 bits per heavy atom. The van der Waals surface area contributed by atoms with Gasteiger partial charge >= 0.3 is 0 Å². The minimum absolute atomic E-state index is 0.0256. The summed E-state index contributed by atoms with van der Waals surface area (Å²) in [6.45, 7) is 7.27. The van der Waals surface area contributed by atoms with Crippen molar-refractivity contribution in [2.75, 3.05) is 10.6 Å². The summed E-state index contributed by atoms with van der Waals surface area (Å²) in [6, 6.07) is 14.5. The highest BCUT2D eigenvalue weighted by atomic mass is 16.2. The van der Waals surface area contributed by atoms with Gasteiger partial charge in [0.25, 0.3) is 5.91 Å². The van der Waals surface area contributed by atoms with Crippen molar-refractivity contribution in [1.82, 2.24) is 9.97 Å². The number of hydrogen-bond acceptors (Lipinski definition) is 5. The molecule has 0 bridgehead atoms. The smallest absolute Gasteiger partial charge is 0.274 e. The van der Waals surface area contributed by atoms with Gasteiger partial charge in [-0.25, -0.2) is 9.97 Å². The second kappa shape index (κ2) is 8.00. The third kappa shape index (κ3) is 4.40. The van der Waals surface area contributed by atoms with Crippen LogP contribution in [0, 0.1) is 20.8 Å². The predicted molar refractivity (Wildman–Crippen MR) is 110 cm³/mol. The Labute approximate surface area is 164 Å². The standard InChI is InChI=1S/C22H22N4O2/c1-13-7-5-10-19(15(13)3)25-21(28)20-11-14(2)23-22(26-20)24-18-9-6-8-17(12-18)16(4)27/h5-12H,1-4H3,(H,25,28)(H,23,24,26). The number of nitrogens with zero attached hydrogens (tertiary/aromatic N) is 2. The molecule has 6 nitrogen and oxygen atoms in total. The number of amides is 1. The summed E-state index contributed by atoms with van der Waals surface area (Å²) >= 11 is 0. The molecule has 3 aromatic rings. The van der Waals surface area contributed by atoms with Crippen molar-refractivity contribution in [3.8, 4) is 0 Å². The number of ketones is 1. The van der Waals surface area contributed by atoms with E-state index in [0.29, 0.717) is 22.9 Å². The van der Waals surface area contributed by atoms with E-state index in [1.807, 2.05) is 38.1 Å². The van der Waals surface area contributed by atoms with Crippen LogP contribution < -0.4 is 10.6 Å². The Balaban J connectivity index is 1.85. The van der Waals surface area contributed by atoms with Gasteiger partial charge in [0.15, 0.2) is 5.78 Å². The van der Waals surface area contributed by atoms with Gasteiger partial charge in [-0.3, -0.25) is 9.59 Å². The van der Waals surface area contributed by atoms with Crippen LogP contribution in [0.1, 0.15) is 44.6 Å². The van der Waals surface area contributed by atoms with Gasteiger partial charge in [0.2, 0.25) is 5.95 Å². The molecule has 0 spiro atoms. The van der Waals surface area contributed by atoms with E-state index in [2.05, 4.69) is 20.6 Å². The van der Waals surface area contributed by atoms with Crippen molar-refractivity contribution >= 4 is 29.0 Å². The third-order valence-electron chi connectivity index (χ3n) is 4.46. The first kappa shape index (κ1) is 19.2. The lowest BCUT2D eigenvalue weighted by molar-refractivity contribution is 0.101. The van der Waals surface area contributed by atoms with Gasteiger partial charge in [-0.05, 0) is 63.1 Å². The molecule has 0 aliphatic heterocycles. The molecule has 6 heteroatoms. The van der Waals surface area contributed by atoms with E-state index in [0.717, 1.165) is 16.8 Å². The van der Waals surface area contributed by atoms with Gasteiger partial charge in [0.05, 0.1) is 0 Å². The normalized spacial score (nSPS) is 10.4. The first-order valence-corrected chi connectivity index (χ1v) is 8.95. The molecule has 0 fully saturated rings. The van der Waals surface area contributed by atoms with Gasteiger partial charge < -0.3 is 10.6 Å². The minimum Gasteiger partial charge on any atom is -0.324 e. The van der Waals surface area contributed by atoms with Crippen LogP contribution in [0.15, 0.2) is 48.5 Å². The Kier molecular flexibility index (Phi) is 5.49. The number of carbonyl (C=O) groups excluding carboxylic acids is 2. The average Bonchev–Trinajstić information content (AvgIpc) is 2.65. The van der Waals surface area contributed by atoms with E-state index in [-0.39, 0.29) is 17.4 Å². The maximum atomic E-state index is 12.7. The molecule has 0 unspecified atom stereocenters. The Bertz CT molecular complexity index is 1060. The number of aryl methyl sites for hydroxylation is 2. The molecule has 0 radical (unpaired) electrons. The molecule has 142 valence electrons. The zero-order chi connectivity index (χ0) is 20.3. The van der Waals surface area contributed by atoms with Crippen molar-refractivity contribution in [2.24, 2.45) is 0 Å². The Morgan fingerprint density at radius 2 is 1.68 bits per heavy atom. The maximum absolute atomic E-state index is 12.7. The van der Waals surface area contributed by atoms with Gasteiger partial charge in [-0.1, -0.05) is 24.3 Å².